The van der Waals surface area contributed by atoms with Crippen LogP contribution in [0.4, 0.5) is 0 Å². The molecule has 57 valence electrons. The van der Waals surface area contributed by atoms with Gasteiger partial charge in [0.05, 0.1) is 0 Å². The minimum atomic E-state index is -0.815. The van der Waals surface area contributed by atoms with E-state index in [-0.39, 0.29) is 0 Å². The number of benzene rings is 1. The third-order valence-corrected chi connectivity index (χ3v) is 4.84. The normalized spacial score (nSPS) is 9.33. The number of aromatic nitrogens is 2. The van der Waals surface area contributed by atoms with Crippen molar-refractivity contribution in [1.82, 2.24) is 9.97 Å². The summed E-state index contributed by atoms with van der Waals surface area (Å²) in [5.41, 5.74) is 0. The first-order valence-electron chi connectivity index (χ1n) is 3.84. The molecule has 0 saturated carbocycles. The Labute approximate surface area is 86.4 Å². The van der Waals surface area contributed by atoms with Gasteiger partial charge in [0.25, 0.3) is 0 Å². The van der Waals surface area contributed by atoms with Gasteiger partial charge in [0, 0.05) is 0 Å². The van der Waals surface area contributed by atoms with Crippen molar-refractivity contribution < 1.29 is 29.2 Å². The Hall–Kier alpha value is -0.466. The molecule has 0 amide bonds. The minimum absolute atomic E-state index is 0.815. The van der Waals surface area contributed by atoms with Gasteiger partial charge in [0.2, 0.25) is 0 Å². The van der Waals surface area contributed by atoms with Crippen LogP contribution >= 0.6 is 0 Å². The summed E-state index contributed by atoms with van der Waals surface area (Å²) in [6, 6.07) is 10.6. The second-order valence-corrected chi connectivity index (χ2v) is 6.22. The molecule has 1 heterocycles. The average Bonchev–Trinajstić information content (AvgIpc) is 2.59. The Morgan fingerprint density at radius 1 is 1.17 bits per heavy atom. The molecular formula is C9H8N2Y. The van der Waals surface area contributed by atoms with Gasteiger partial charge in [-0.15, -0.1) is 0 Å². The van der Waals surface area contributed by atoms with E-state index < -0.39 is 29.2 Å². The van der Waals surface area contributed by atoms with E-state index in [9.17, 15) is 0 Å². The predicted molar refractivity (Wildman–Crippen MR) is 44.3 cm³/mol. The fraction of sp³-hybridized carbons (Fsp3) is 0. The van der Waals surface area contributed by atoms with Crippen molar-refractivity contribution in [2.45, 2.75) is 0 Å². The van der Waals surface area contributed by atoms with Gasteiger partial charge in [-0.3, -0.25) is 0 Å². The molecule has 0 fully saturated rings. The summed E-state index contributed by atoms with van der Waals surface area (Å²) in [6.07, 6.45) is 3.72. The summed E-state index contributed by atoms with van der Waals surface area (Å²) in [7, 11) is 0. The maximum absolute atomic E-state index is 4.24. The van der Waals surface area contributed by atoms with E-state index >= 15 is 0 Å². The topological polar surface area (TPSA) is 28.7 Å². The van der Waals surface area contributed by atoms with Crippen molar-refractivity contribution in [2.75, 3.05) is 0 Å². The Morgan fingerprint density at radius 2 is 2.00 bits per heavy atom. The molecule has 2 nitrogen and oxygen atoms in total. The second kappa shape index (κ2) is 3.97. The van der Waals surface area contributed by atoms with Crippen LogP contribution in [0.15, 0.2) is 42.7 Å². The van der Waals surface area contributed by atoms with Crippen LogP contribution in [0.2, 0.25) is 0 Å². The summed E-state index contributed by atoms with van der Waals surface area (Å²) in [4.78, 5) is 7.40. The molecule has 2 rings (SSSR count). The van der Waals surface area contributed by atoms with Crippen LogP contribution in [0, 0.1) is 0 Å². The molecule has 0 atom stereocenters. The van der Waals surface area contributed by atoms with Crippen molar-refractivity contribution in [3.8, 4) is 0 Å². The monoisotopic (exact) mass is 233 g/mol. The zero-order valence-electron chi connectivity index (χ0n) is 6.57. The molecule has 0 aliphatic rings. The Bertz CT molecular complexity index is 329. The van der Waals surface area contributed by atoms with Crippen LogP contribution < -0.4 is 5.01 Å². The van der Waals surface area contributed by atoms with Crippen LogP contribution in [-0.2, 0) is 29.2 Å². The van der Waals surface area contributed by atoms with Crippen LogP contribution in [0.3, 0.4) is 0 Å². The fourth-order valence-corrected chi connectivity index (χ4v) is 3.70. The Kier molecular flexibility index (Phi) is 2.69. The zero-order valence-corrected chi connectivity index (χ0v) is 9.40. The first-order valence-corrected chi connectivity index (χ1v) is 6.68. The van der Waals surface area contributed by atoms with Gasteiger partial charge in [0.15, 0.2) is 0 Å². The molecule has 0 aliphatic carbocycles. The molecule has 0 bridgehead atoms. The predicted octanol–water partition coefficient (Wildman–Crippen LogP) is 0.443. The number of rotatable bonds is 2. The van der Waals surface area contributed by atoms with Crippen LogP contribution in [0.25, 0.3) is 0 Å². The van der Waals surface area contributed by atoms with Crippen LogP contribution in [-0.4, -0.2) is 9.97 Å². The fourth-order valence-electron chi connectivity index (χ4n) is 1.06. The van der Waals surface area contributed by atoms with E-state index in [1.165, 1.54) is 5.01 Å². The van der Waals surface area contributed by atoms with Crippen LogP contribution in [0.1, 0.15) is 0 Å². The summed E-state index contributed by atoms with van der Waals surface area (Å²) in [5.74, 6) is 0. The number of imidazole rings is 1. The molecule has 0 saturated heterocycles. The van der Waals surface area contributed by atoms with Crippen molar-refractivity contribution in [3.05, 3.63) is 42.7 Å². The summed E-state index contributed by atoms with van der Waals surface area (Å²) < 4.78 is 2.68. The summed E-state index contributed by atoms with van der Waals surface area (Å²) in [6.45, 7) is 0. The van der Waals surface area contributed by atoms with Crippen molar-refractivity contribution in [1.29, 1.82) is 0 Å². The molecular weight excluding hydrogens is 225 g/mol. The molecule has 1 aromatic carbocycles. The number of aromatic amines is 1. The number of nitrogens with zero attached hydrogens (tertiary/aromatic N) is 1. The molecule has 1 aromatic heterocycles. The van der Waals surface area contributed by atoms with Gasteiger partial charge in [-0.05, 0) is 0 Å². The molecule has 0 spiro atoms. The number of hydrogen-bond acceptors (Lipinski definition) is 1. The zero-order chi connectivity index (χ0) is 8.23. The standard InChI is InChI=1S/C6H5.C3H3N2.Y/c1-2-4-6-5-3-1;1-2-5-3-4-1;/h1-5H;1-2H,(H,4,5);. The Balaban J connectivity index is 2.15. The van der Waals surface area contributed by atoms with E-state index in [1.807, 2.05) is 18.5 Å². The van der Waals surface area contributed by atoms with Gasteiger partial charge in [-0.1, -0.05) is 0 Å². The van der Waals surface area contributed by atoms with E-state index in [0.717, 1.165) is 0 Å². The number of H-pyrrole nitrogens is 1. The molecule has 2 aromatic rings. The summed E-state index contributed by atoms with van der Waals surface area (Å²) >= 11 is -0.815. The van der Waals surface area contributed by atoms with Crippen molar-refractivity contribution in [2.24, 2.45) is 0 Å². The van der Waals surface area contributed by atoms with Gasteiger partial charge < -0.3 is 0 Å². The van der Waals surface area contributed by atoms with Gasteiger partial charge >= 0.3 is 86.9 Å². The first kappa shape index (κ1) is 8.15. The molecule has 3 heteroatoms. The number of hydrogen-bond donors (Lipinski definition) is 1. The maximum atomic E-state index is 4.24. The SMILES string of the molecule is c1cc[c]([Y][c]2ncc[nH]2)cc1. The molecule has 1 N–H and O–H groups in total. The van der Waals surface area contributed by atoms with Gasteiger partial charge in [0.1, 0.15) is 0 Å². The van der Waals surface area contributed by atoms with Crippen LogP contribution in [0.5, 0.6) is 0 Å². The Morgan fingerprint density at radius 3 is 2.67 bits per heavy atom. The molecule has 0 unspecified atom stereocenters. The molecule has 0 radical (unpaired) electrons. The van der Waals surface area contributed by atoms with Gasteiger partial charge in [-0.25, -0.2) is 0 Å². The van der Waals surface area contributed by atoms with Crippen molar-refractivity contribution in [3.63, 3.8) is 0 Å². The first-order chi connectivity index (χ1) is 5.95. The second-order valence-electron chi connectivity index (χ2n) is 2.53. The third-order valence-electron chi connectivity index (χ3n) is 1.62. The van der Waals surface area contributed by atoms with E-state index in [4.69, 9.17) is 0 Å². The molecule has 0 aliphatic heterocycles. The molecule has 12 heavy (non-hydrogen) atoms. The van der Waals surface area contributed by atoms with Crippen molar-refractivity contribution >= 4 is 5.01 Å². The quantitative estimate of drug-likeness (QED) is 0.801. The van der Waals surface area contributed by atoms with E-state index in [0.29, 0.717) is 0 Å². The van der Waals surface area contributed by atoms with Gasteiger partial charge in [-0.2, -0.15) is 0 Å². The average molecular weight is 233 g/mol. The third kappa shape index (κ3) is 2.02. The van der Waals surface area contributed by atoms with E-state index in [1.54, 1.807) is 0 Å². The number of nitrogens with one attached hydrogen (secondary N) is 1. The van der Waals surface area contributed by atoms with E-state index in [2.05, 4.69) is 34.2 Å². The summed E-state index contributed by atoms with van der Waals surface area (Å²) in [5, 5.41) is 0.